The van der Waals surface area contributed by atoms with Crippen LogP contribution in [0.1, 0.15) is 50.4 Å². The molecule has 0 aliphatic heterocycles. The Bertz CT molecular complexity index is 900. The molecule has 0 aliphatic rings. The molecule has 0 fully saturated rings. The summed E-state index contributed by atoms with van der Waals surface area (Å²) in [6.07, 6.45) is 4.99. The molecule has 0 aliphatic carbocycles. The van der Waals surface area contributed by atoms with E-state index in [2.05, 4.69) is 49.5 Å². The number of fused-ring (bicyclic) bond motifs is 1. The van der Waals surface area contributed by atoms with E-state index in [1.807, 2.05) is 18.3 Å². The largest absolute Gasteiger partial charge is 0.383 e. The number of nitrogens with zero attached hydrogens (tertiary/aromatic N) is 3. The van der Waals surface area contributed by atoms with Crippen LogP contribution in [0.4, 0.5) is 0 Å². The highest BCUT2D eigenvalue weighted by molar-refractivity contribution is 6.33. The van der Waals surface area contributed by atoms with Gasteiger partial charge in [0.15, 0.2) is 0 Å². The first-order valence-corrected chi connectivity index (χ1v) is 9.47. The van der Waals surface area contributed by atoms with E-state index in [0.717, 1.165) is 40.0 Å². The van der Waals surface area contributed by atoms with Gasteiger partial charge in [-0.1, -0.05) is 32.4 Å². The third kappa shape index (κ3) is 3.49. The summed E-state index contributed by atoms with van der Waals surface area (Å²) in [6, 6.07) is 6.38. The van der Waals surface area contributed by atoms with Crippen molar-refractivity contribution in [2.75, 3.05) is 13.7 Å². The number of halogens is 1. The van der Waals surface area contributed by atoms with Crippen LogP contribution in [0, 0.1) is 6.92 Å². The van der Waals surface area contributed by atoms with Crippen LogP contribution in [-0.4, -0.2) is 28.3 Å². The molecule has 3 rings (SSSR count). The Labute approximate surface area is 160 Å². The van der Waals surface area contributed by atoms with Crippen molar-refractivity contribution in [2.24, 2.45) is 0 Å². The first-order valence-electron chi connectivity index (χ1n) is 9.09. The van der Waals surface area contributed by atoms with Crippen LogP contribution in [0.3, 0.4) is 0 Å². The molecule has 0 amide bonds. The summed E-state index contributed by atoms with van der Waals surface area (Å²) < 4.78 is 7.61. The maximum absolute atomic E-state index is 6.61. The summed E-state index contributed by atoms with van der Waals surface area (Å²) in [7, 11) is 1.73. The Balaban J connectivity index is 2.09. The lowest BCUT2D eigenvalue weighted by Crippen LogP contribution is -2.12. The van der Waals surface area contributed by atoms with Crippen molar-refractivity contribution in [3.8, 4) is 11.3 Å². The van der Waals surface area contributed by atoms with E-state index in [9.17, 15) is 0 Å². The molecule has 0 aromatic carbocycles. The fraction of sp³-hybridized carbons (Fsp3) is 0.429. The van der Waals surface area contributed by atoms with Gasteiger partial charge in [0.1, 0.15) is 0 Å². The average Bonchev–Trinajstić information content (AvgIpc) is 2.94. The van der Waals surface area contributed by atoms with Gasteiger partial charge in [-0.05, 0) is 43.0 Å². The molecular formula is C21H26ClN3O. The van der Waals surface area contributed by atoms with Crippen LogP contribution in [0.15, 0.2) is 30.6 Å². The van der Waals surface area contributed by atoms with Crippen LogP contribution in [0.5, 0.6) is 0 Å². The third-order valence-corrected chi connectivity index (χ3v) is 5.10. The van der Waals surface area contributed by atoms with E-state index in [1.54, 1.807) is 7.11 Å². The lowest BCUT2D eigenvalue weighted by atomic mass is 10.1. The van der Waals surface area contributed by atoms with Crippen molar-refractivity contribution in [2.45, 2.75) is 46.1 Å². The van der Waals surface area contributed by atoms with Gasteiger partial charge in [0.25, 0.3) is 0 Å². The van der Waals surface area contributed by atoms with Crippen LogP contribution >= 0.6 is 11.6 Å². The van der Waals surface area contributed by atoms with Crippen molar-refractivity contribution in [1.82, 2.24) is 14.5 Å². The second-order valence-corrected chi connectivity index (χ2v) is 7.46. The maximum atomic E-state index is 6.61. The van der Waals surface area contributed by atoms with Gasteiger partial charge in [-0.15, -0.1) is 0 Å². The Morgan fingerprint density at radius 2 is 2.04 bits per heavy atom. The molecule has 0 N–H and O–H groups in total. The van der Waals surface area contributed by atoms with Gasteiger partial charge >= 0.3 is 0 Å². The van der Waals surface area contributed by atoms with E-state index in [-0.39, 0.29) is 6.04 Å². The monoisotopic (exact) mass is 371 g/mol. The molecule has 0 spiro atoms. The number of aryl methyl sites for hydroxylation is 1. The van der Waals surface area contributed by atoms with E-state index in [4.69, 9.17) is 21.3 Å². The van der Waals surface area contributed by atoms with E-state index >= 15 is 0 Å². The minimum atomic E-state index is 0.270. The molecule has 3 aromatic rings. The molecule has 1 unspecified atom stereocenters. The quantitative estimate of drug-likeness (QED) is 0.551. The number of pyridine rings is 2. The SMILES string of the molecule is CCC(COC)n1cc(C)c2nc(-c3ccc(C(C)C)nc3)c(Cl)cc21. The Morgan fingerprint density at radius 3 is 2.62 bits per heavy atom. The number of aromatic nitrogens is 3. The summed E-state index contributed by atoms with van der Waals surface area (Å²) in [5.41, 5.74) is 5.96. The van der Waals surface area contributed by atoms with Gasteiger partial charge in [0.2, 0.25) is 0 Å². The number of rotatable bonds is 6. The fourth-order valence-electron chi connectivity index (χ4n) is 3.28. The zero-order chi connectivity index (χ0) is 18.8. The highest BCUT2D eigenvalue weighted by Crippen LogP contribution is 2.33. The minimum Gasteiger partial charge on any atom is -0.383 e. The second-order valence-electron chi connectivity index (χ2n) is 7.05. The molecule has 138 valence electrons. The fourth-order valence-corrected chi connectivity index (χ4v) is 3.54. The van der Waals surface area contributed by atoms with Gasteiger partial charge in [-0.3, -0.25) is 4.98 Å². The highest BCUT2D eigenvalue weighted by Gasteiger charge is 2.17. The minimum absolute atomic E-state index is 0.270. The van der Waals surface area contributed by atoms with Crippen molar-refractivity contribution < 1.29 is 4.74 Å². The zero-order valence-electron chi connectivity index (χ0n) is 16.1. The number of hydrogen-bond acceptors (Lipinski definition) is 3. The van der Waals surface area contributed by atoms with Crippen LogP contribution in [0.2, 0.25) is 5.02 Å². The summed E-state index contributed by atoms with van der Waals surface area (Å²) in [6.45, 7) is 9.18. The van der Waals surface area contributed by atoms with Crippen LogP contribution < -0.4 is 0 Å². The van der Waals surface area contributed by atoms with Crippen molar-refractivity contribution >= 4 is 22.6 Å². The van der Waals surface area contributed by atoms with Crippen LogP contribution in [0.25, 0.3) is 22.3 Å². The predicted molar refractivity (Wildman–Crippen MR) is 108 cm³/mol. The highest BCUT2D eigenvalue weighted by atomic mass is 35.5. The van der Waals surface area contributed by atoms with Gasteiger partial charge in [0.05, 0.1) is 34.4 Å². The first kappa shape index (κ1) is 18.9. The van der Waals surface area contributed by atoms with Crippen molar-refractivity contribution in [3.05, 3.63) is 46.9 Å². The van der Waals surface area contributed by atoms with Gasteiger partial charge in [0, 0.05) is 30.8 Å². The van der Waals surface area contributed by atoms with Crippen LogP contribution in [-0.2, 0) is 4.74 Å². The second kappa shape index (κ2) is 7.77. The number of hydrogen-bond donors (Lipinski definition) is 0. The Hall–Kier alpha value is -1.91. The molecular weight excluding hydrogens is 346 g/mol. The number of ether oxygens (including phenoxy) is 1. The lowest BCUT2D eigenvalue weighted by molar-refractivity contribution is 0.155. The summed E-state index contributed by atoms with van der Waals surface area (Å²) in [5.74, 6) is 0.401. The molecule has 0 radical (unpaired) electrons. The first-order chi connectivity index (χ1) is 12.5. The van der Waals surface area contributed by atoms with E-state index in [1.165, 1.54) is 0 Å². The molecule has 4 nitrogen and oxygen atoms in total. The topological polar surface area (TPSA) is 39.9 Å². The molecule has 0 saturated carbocycles. The molecule has 3 aromatic heterocycles. The maximum Gasteiger partial charge on any atom is 0.0918 e. The number of methoxy groups -OCH3 is 1. The predicted octanol–water partition coefficient (Wildman–Crippen LogP) is 5.78. The average molecular weight is 372 g/mol. The lowest BCUT2D eigenvalue weighted by Gasteiger charge is -2.17. The summed E-state index contributed by atoms with van der Waals surface area (Å²) in [5, 5.41) is 0.642. The molecule has 0 bridgehead atoms. The summed E-state index contributed by atoms with van der Waals surface area (Å²) in [4.78, 5) is 9.43. The van der Waals surface area contributed by atoms with Gasteiger partial charge < -0.3 is 9.30 Å². The van der Waals surface area contributed by atoms with Crippen molar-refractivity contribution in [3.63, 3.8) is 0 Å². The Morgan fingerprint density at radius 1 is 1.27 bits per heavy atom. The normalized spacial score (nSPS) is 12.9. The third-order valence-electron chi connectivity index (χ3n) is 4.82. The molecule has 26 heavy (non-hydrogen) atoms. The summed E-state index contributed by atoms with van der Waals surface area (Å²) >= 11 is 6.61. The molecule has 0 saturated heterocycles. The van der Waals surface area contributed by atoms with E-state index in [0.29, 0.717) is 17.5 Å². The standard InChI is InChI=1S/C21H26ClN3O/c1-6-16(12-26-5)25-11-14(4)20-19(25)9-17(22)21(24-20)15-7-8-18(13(2)3)23-10-15/h7-11,13,16H,6,12H2,1-5H3. The van der Waals surface area contributed by atoms with Gasteiger partial charge in [-0.25, -0.2) is 4.98 Å². The zero-order valence-corrected chi connectivity index (χ0v) is 16.8. The molecule has 1 atom stereocenters. The smallest absolute Gasteiger partial charge is 0.0918 e. The molecule has 5 heteroatoms. The Kier molecular flexibility index (Phi) is 5.64. The van der Waals surface area contributed by atoms with Crippen molar-refractivity contribution in [1.29, 1.82) is 0 Å². The molecule has 3 heterocycles. The van der Waals surface area contributed by atoms with E-state index < -0.39 is 0 Å². The van der Waals surface area contributed by atoms with Gasteiger partial charge in [-0.2, -0.15) is 0 Å².